The molecule has 0 bridgehead atoms. The van der Waals surface area contributed by atoms with Crippen molar-refractivity contribution in [3.63, 3.8) is 0 Å². The van der Waals surface area contributed by atoms with Crippen LogP contribution in [0.4, 0.5) is 0 Å². The van der Waals surface area contributed by atoms with E-state index in [1.807, 2.05) is 9.97 Å². The third-order valence-electron chi connectivity index (χ3n) is 1.97. The molecule has 2 N–H and O–H groups in total. The molecule has 82 valence electrons. The van der Waals surface area contributed by atoms with Gasteiger partial charge in [0, 0.05) is 6.54 Å². The molecule has 0 atom stereocenters. The van der Waals surface area contributed by atoms with Crippen LogP contribution in [0.2, 0.25) is 0 Å². The molecule has 0 aliphatic carbocycles. The van der Waals surface area contributed by atoms with Crippen LogP contribution in [-0.2, 0) is 6.54 Å². The summed E-state index contributed by atoms with van der Waals surface area (Å²) >= 11 is 0. The van der Waals surface area contributed by atoms with Crippen LogP contribution in [0, 0.1) is 0 Å². The summed E-state index contributed by atoms with van der Waals surface area (Å²) in [5.74, 6) is 0. The number of H-pyrrole nitrogens is 2. The van der Waals surface area contributed by atoms with Crippen LogP contribution in [0.25, 0.3) is 0 Å². The molecule has 1 rings (SSSR count). The van der Waals surface area contributed by atoms with Crippen molar-refractivity contribution < 1.29 is 0 Å². The topological polar surface area (TPSA) is 87.7 Å². The van der Waals surface area contributed by atoms with E-state index >= 15 is 0 Å². The van der Waals surface area contributed by atoms with E-state index in [4.69, 9.17) is 0 Å². The molecule has 6 nitrogen and oxygen atoms in total. The number of unbranched alkanes of at least 4 members (excludes halogenated alkanes) is 2. The lowest BCUT2D eigenvalue weighted by Gasteiger charge is -2.01. The van der Waals surface area contributed by atoms with Crippen LogP contribution in [0.5, 0.6) is 0 Å². The molecule has 0 amide bonds. The maximum absolute atomic E-state index is 11.2. The highest BCUT2D eigenvalue weighted by Crippen LogP contribution is 1.95. The molecule has 0 aromatic carbocycles. The maximum Gasteiger partial charge on any atom is 0.333 e. The van der Waals surface area contributed by atoms with Gasteiger partial charge in [0.2, 0.25) is 0 Å². The van der Waals surface area contributed by atoms with Gasteiger partial charge in [-0.15, -0.1) is 6.58 Å². The van der Waals surface area contributed by atoms with Crippen LogP contribution >= 0.6 is 0 Å². The molecule has 0 saturated heterocycles. The van der Waals surface area contributed by atoms with Gasteiger partial charge < -0.3 is 0 Å². The predicted molar refractivity (Wildman–Crippen MR) is 56.0 cm³/mol. The third kappa shape index (κ3) is 3.08. The van der Waals surface area contributed by atoms with Crippen molar-refractivity contribution in [3.05, 3.63) is 44.1 Å². The summed E-state index contributed by atoms with van der Waals surface area (Å²) in [5.41, 5.74) is -2.10. The van der Waals surface area contributed by atoms with Crippen molar-refractivity contribution in [2.75, 3.05) is 0 Å². The lowest BCUT2D eigenvalue weighted by molar-refractivity contribution is 0.551. The summed E-state index contributed by atoms with van der Waals surface area (Å²) in [4.78, 5) is 37.1. The second-order valence-electron chi connectivity index (χ2n) is 3.13. The van der Waals surface area contributed by atoms with E-state index in [2.05, 4.69) is 6.58 Å². The van der Waals surface area contributed by atoms with Gasteiger partial charge in [-0.05, 0) is 19.3 Å². The van der Waals surface area contributed by atoms with Crippen LogP contribution in [0.1, 0.15) is 19.3 Å². The van der Waals surface area contributed by atoms with Crippen molar-refractivity contribution in [2.45, 2.75) is 25.8 Å². The molecule has 0 aliphatic heterocycles. The predicted octanol–water partition coefficient (Wildman–Crippen LogP) is -0.419. The Hall–Kier alpha value is -1.85. The summed E-state index contributed by atoms with van der Waals surface area (Å²) in [6.07, 6.45) is 4.17. The molecule has 0 aliphatic rings. The summed E-state index contributed by atoms with van der Waals surface area (Å²) in [5, 5.41) is 0. The first-order valence-electron chi connectivity index (χ1n) is 4.69. The first kappa shape index (κ1) is 11.2. The lowest BCUT2D eigenvalue weighted by Crippen LogP contribution is -2.43. The fourth-order valence-electron chi connectivity index (χ4n) is 1.21. The number of hydrogen-bond donors (Lipinski definition) is 2. The quantitative estimate of drug-likeness (QED) is 0.512. The first-order chi connectivity index (χ1) is 7.15. The van der Waals surface area contributed by atoms with E-state index in [-0.39, 0.29) is 0 Å². The molecule has 0 spiro atoms. The fraction of sp³-hybridized carbons (Fsp3) is 0.444. The number of allylic oxidation sites excluding steroid dienone is 1. The van der Waals surface area contributed by atoms with Gasteiger partial charge >= 0.3 is 17.1 Å². The zero-order valence-electron chi connectivity index (χ0n) is 8.28. The second-order valence-corrected chi connectivity index (χ2v) is 3.13. The molecule has 1 heterocycles. The van der Waals surface area contributed by atoms with E-state index in [0.29, 0.717) is 13.0 Å². The Kier molecular flexibility index (Phi) is 3.84. The van der Waals surface area contributed by atoms with Gasteiger partial charge in [0.05, 0.1) is 0 Å². The molecular formula is C9H13N3O3. The summed E-state index contributed by atoms with van der Waals surface area (Å²) in [6.45, 7) is 3.87. The Labute approximate surface area is 85.3 Å². The molecule has 6 heteroatoms. The Morgan fingerprint density at radius 2 is 1.73 bits per heavy atom. The minimum Gasteiger partial charge on any atom is -0.259 e. The molecular weight excluding hydrogens is 198 g/mol. The number of aromatic amines is 2. The number of hydrogen-bond acceptors (Lipinski definition) is 3. The van der Waals surface area contributed by atoms with Gasteiger partial charge in [-0.2, -0.15) is 0 Å². The van der Waals surface area contributed by atoms with Gasteiger partial charge in [-0.25, -0.2) is 19.0 Å². The van der Waals surface area contributed by atoms with Crippen molar-refractivity contribution in [3.8, 4) is 0 Å². The normalized spacial score (nSPS) is 10.1. The average molecular weight is 211 g/mol. The third-order valence-corrected chi connectivity index (χ3v) is 1.97. The summed E-state index contributed by atoms with van der Waals surface area (Å²) in [7, 11) is 0. The van der Waals surface area contributed by atoms with Gasteiger partial charge in [-0.3, -0.25) is 9.97 Å². The number of aromatic nitrogens is 3. The van der Waals surface area contributed by atoms with Gasteiger partial charge in [-0.1, -0.05) is 6.08 Å². The Morgan fingerprint density at radius 1 is 1.13 bits per heavy atom. The Bertz CT molecular complexity index is 460. The molecule has 0 unspecified atom stereocenters. The SMILES string of the molecule is C=CCCCCn1c(=O)[nH]c(=O)[nH]c1=O. The van der Waals surface area contributed by atoms with Crippen molar-refractivity contribution in [2.24, 2.45) is 0 Å². The van der Waals surface area contributed by atoms with Gasteiger partial charge in [0.25, 0.3) is 0 Å². The lowest BCUT2D eigenvalue weighted by atomic mass is 10.2. The summed E-state index contributed by atoms with van der Waals surface area (Å²) < 4.78 is 0.977. The van der Waals surface area contributed by atoms with Crippen molar-refractivity contribution in [1.82, 2.24) is 14.5 Å². The zero-order valence-corrected chi connectivity index (χ0v) is 8.28. The Balaban J connectivity index is 2.78. The Morgan fingerprint density at radius 3 is 2.27 bits per heavy atom. The van der Waals surface area contributed by atoms with Crippen LogP contribution in [-0.4, -0.2) is 14.5 Å². The zero-order chi connectivity index (χ0) is 11.3. The van der Waals surface area contributed by atoms with Gasteiger partial charge in [0.15, 0.2) is 0 Å². The monoisotopic (exact) mass is 211 g/mol. The van der Waals surface area contributed by atoms with E-state index in [0.717, 1.165) is 17.4 Å². The van der Waals surface area contributed by atoms with E-state index in [9.17, 15) is 14.4 Å². The van der Waals surface area contributed by atoms with E-state index in [1.54, 1.807) is 6.08 Å². The maximum atomic E-state index is 11.2. The van der Waals surface area contributed by atoms with Crippen molar-refractivity contribution >= 4 is 0 Å². The largest absolute Gasteiger partial charge is 0.333 e. The highest BCUT2D eigenvalue weighted by Gasteiger charge is 2.01. The van der Waals surface area contributed by atoms with Gasteiger partial charge in [0.1, 0.15) is 0 Å². The van der Waals surface area contributed by atoms with E-state index < -0.39 is 17.1 Å². The molecule has 1 aromatic heterocycles. The fourth-order valence-corrected chi connectivity index (χ4v) is 1.21. The van der Waals surface area contributed by atoms with Crippen LogP contribution in [0.15, 0.2) is 27.0 Å². The molecule has 0 radical (unpaired) electrons. The standard InChI is InChI=1S/C9H13N3O3/c1-2-3-4-5-6-12-8(14)10-7(13)11-9(12)15/h2H,1,3-6H2,(H2,10,11,13,14,15). The molecule has 0 fully saturated rings. The highest BCUT2D eigenvalue weighted by molar-refractivity contribution is 4.70. The smallest absolute Gasteiger partial charge is 0.259 e. The molecule has 1 aromatic rings. The first-order valence-corrected chi connectivity index (χ1v) is 4.69. The number of nitrogens with one attached hydrogen (secondary N) is 2. The summed E-state index contributed by atoms with van der Waals surface area (Å²) in [6, 6.07) is 0. The van der Waals surface area contributed by atoms with Crippen LogP contribution in [0.3, 0.4) is 0 Å². The average Bonchev–Trinajstić information content (AvgIpc) is 2.15. The van der Waals surface area contributed by atoms with E-state index in [1.165, 1.54) is 0 Å². The second kappa shape index (κ2) is 5.14. The highest BCUT2D eigenvalue weighted by atomic mass is 16.2. The number of nitrogens with zero attached hydrogens (tertiary/aromatic N) is 1. The van der Waals surface area contributed by atoms with Crippen LogP contribution < -0.4 is 17.1 Å². The minimum absolute atomic E-state index is 0.304. The minimum atomic E-state index is -0.771. The van der Waals surface area contributed by atoms with Crippen molar-refractivity contribution in [1.29, 1.82) is 0 Å². The molecule has 15 heavy (non-hydrogen) atoms. The number of rotatable bonds is 5. The molecule has 0 saturated carbocycles.